The van der Waals surface area contributed by atoms with Gasteiger partial charge in [0.25, 0.3) is 5.91 Å². The minimum Gasteiger partial charge on any atom is -0.507 e. The molecule has 2 aliphatic rings. The Morgan fingerprint density at radius 2 is 1.69 bits per heavy atom. The third-order valence-electron chi connectivity index (χ3n) is 6.11. The van der Waals surface area contributed by atoms with Crippen LogP contribution in [-0.4, -0.2) is 47.9 Å². The predicted octanol–water partition coefficient (Wildman–Crippen LogP) is 2.29. The maximum Gasteiger partial charge on any atom is 0.308 e. The van der Waals surface area contributed by atoms with E-state index in [0.29, 0.717) is 17.5 Å². The highest BCUT2D eigenvalue weighted by atomic mass is 16.5. The molecule has 2 aliphatic carbocycles. The number of nitrogens with zero attached hydrogens (tertiary/aromatic N) is 1. The third-order valence-corrected chi connectivity index (χ3v) is 6.11. The normalized spacial score (nSPS) is 16.1. The van der Waals surface area contributed by atoms with Gasteiger partial charge in [-0.1, -0.05) is 0 Å². The highest BCUT2D eigenvalue weighted by Crippen LogP contribution is 2.49. The number of primary amides is 1. The number of nitrogens with two attached hydrogens (primary N) is 1. The van der Waals surface area contributed by atoms with Gasteiger partial charge in [0.1, 0.15) is 22.8 Å². The molecule has 35 heavy (non-hydrogen) atoms. The van der Waals surface area contributed by atoms with Crippen LogP contribution in [0, 0.1) is 5.92 Å². The zero-order chi connectivity index (χ0) is 25.8. The summed E-state index contributed by atoms with van der Waals surface area (Å²) in [4.78, 5) is 51.4. The Hall–Kier alpha value is -4.34. The number of carbonyl (C=O) groups is 4. The van der Waals surface area contributed by atoms with Crippen LogP contribution in [0.25, 0.3) is 5.76 Å². The summed E-state index contributed by atoms with van der Waals surface area (Å²) in [5.74, 6) is -5.03. The molecular weight excluding hydrogens is 456 g/mol. The summed E-state index contributed by atoms with van der Waals surface area (Å²) >= 11 is 0. The number of aromatic hydroxyl groups is 1. The average molecular weight is 480 g/mol. The third kappa shape index (κ3) is 3.86. The Morgan fingerprint density at radius 1 is 1.03 bits per heavy atom. The molecule has 0 aromatic heterocycles. The van der Waals surface area contributed by atoms with Crippen molar-refractivity contribution in [3.8, 4) is 17.2 Å². The fraction of sp³-hybridized carbons (Fsp3) is 0.280. The Balaban J connectivity index is 2.01. The van der Waals surface area contributed by atoms with Gasteiger partial charge in [-0.2, -0.15) is 0 Å². The number of hydrogen-bond acceptors (Lipinski definition) is 9. The highest BCUT2D eigenvalue weighted by molar-refractivity contribution is 6.19. The lowest BCUT2D eigenvalue weighted by Crippen LogP contribution is -2.32. The summed E-state index contributed by atoms with van der Waals surface area (Å²) in [5.41, 5.74) is 6.92. The van der Waals surface area contributed by atoms with Gasteiger partial charge in [0.2, 0.25) is 0 Å². The van der Waals surface area contributed by atoms with E-state index in [4.69, 9.17) is 15.2 Å². The van der Waals surface area contributed by atoms with E-state index in [1.54, 1.807) is 6.07 Å². The molecule has 182 valence electrons. The van der Waals surface area contributed by atoms with E-state index in [1.807, 2.05) is 19.0 Å². The van der Waals surface area contributed by atoms with Crippen molar-refractivity contribution in [1.82, 2.24) is 0 Å². The number of benzene rings is 2. The summed E-state index contributed by atoms with van der Waals surface area (Å²) in [6.45, 7) is 2.22. The standard InChI is InChI=1S/C25H24N2O8/c1-10(28)34-17-9-13-7-12-8-14-15(27(3)4)5-6-16(30)20(14)23(32)18(12)22(31)19(13)24(35-11(2)29)21(17)25(26)33/h5-6,9,12,30,32H,7-8H2,1-4H3,(H2,26,33)/t12-/m1/s1. The van der Waals surface area contributed by atoms with Crippen LogP contribution in [0.4, 0.5) is 5.69 Å². The summed E-state index contributed by atoms with van der Waals surface area (Å²) in [7, 11) is 3.65. The molecule has 0 fully saturated rings. The molecule has 4 N–H and O–H groups in total. The van der Waals surface area contributed by atoms with E-state index in [9.17, 15) is 29.4 Å². The van der Waals surface area contributed by atoms with Crippen LogP contribution in [0.15, 0.2) is 23.8 Å². The number of aliphatic hydroxyl groups excluding tert-OH is 1. The molecule has 0 saturated heterocycles. The molecule has 10 heteroatoms. The lowest BCUT2D eigenvalue weighted by Gasteiger charge is -2.34. The monoisotopic (exact) mass is 480 g/mol. The fourth-order valence-electron chi connectivity index (χ4n) is 4.87. The smallest absolute Gasteiger partial charge is 0.308 e. The number of ether oxygens (including phenoxy) is 2. The van der Waals surface area contributed by atoms with E-state index < -0.39 is 40.9 Å². The quantitative estimate of drug-likeness (QED) is 0.441. The first-order chi connectivity index (χ1) is 16.4. The minimum absolute atomic E-state index is 0.0280. The molecule has 0 bridgehead atoms. The maximum atomic E-state index is 13.8. The molecule has 4 rings (SSSR count). The summed E-state index contributed by atoms with van der Waals surface area (Å²) in [5, 5.41) is 21.7. The SMILES string of the molecule is CC(=O)Oc1cc2c(c(OC(C)=O)c1C(N)=O)C(=O)C1=C(O)c3c(O)ccc(N(C)C)c3C[C@H]1C2. The number of esters is 2. The number of allylic oxidation sites excluding steroid dienone is 1. The van der Waals surface area contributed by atoms with E-state index in [-0.39, 0.29) is 40.4 Å². The number of hydrogen-bond donors (Lipinski definition) is 3. The van der Waals surface area contributed by atoms with Crippen molar-refractivity contribution < 1.29 is 38.9 Å². The van der Waals surface area contributed by atoms with Gasteiger partial charge in [-0.25, -0.2) is 0 Å². The molecule has 10 nitrogen and oxygen atoms in total. The number of anilines is 1. The molecule has 0 unspecified atom stereocenters. The molecule has 0 radical (unpaired) electrons. The van der Waals surface area contributed by atoms with Gasteiger partial charge in [0, 0.05) is 39.2 Å². The Bertz CT molecular complexity index is 1360. The minimum atomic E-state index is -1.07. The molecule has 0 saturated carbocycles. The van der Waals surface area contributed by atoms with Crippen molar-refractivity contribution in [1.29, 1.82) is 0 Å². The fourth-order valence-corrected chi connectivity index (χ4v) is 4.87. The largest absolute Gasteiger partial charge is 0.507 e. The number of Topliss-reactive ketones (excluding diaryl/α,β-unsaturated/α-hetero) is 1. The van der Waals surface area contributed by atoms with Crippen molar-refractivity contribution in [2.75, 3.05) is 19.0 Å². The average Bonchev–Trinajstić information content (AvgIpc) is 2.71. The van der Waals surface area contributed by atoms with Gasteiger partial charge < -0.3 is 30.3 Å². The Morgan fingerprint density at radius 3 is 2.26 bits per heavy atom. The van der Waals surface area contributed by atoms with Crippen molar-refractivity contribution >= 4 is 35.1 Å². The number of rotatable bonds is 4. The summed E-state index contributed by atoms with van der Waals surface area (Å²) < 4.78 is 10.4. The molecule has 0 heterocycles. The van der Waals surface area contributed by atoms with Crippen LogP contribution in [0.5, 0.6) is 17.2 Å². The first-order valence-electron chi connectivity index (χ1n) is 10.8. The van der Waals surface area contributed by atoms with Crippen LogP contribution >= 0.6 is 0 Å². The maximum absolute atomic E-state index is 13.8. The van der Waals surface area contributed by atoms with E-state index in [0.717, 1.165) is 19.5 Å². The van der Waals surface area contributed by atoms with Crippen LogP contribution in [0.3, 0.4) is 0 Å². The first kappa shape index (κ1) is 23.8. The van der Waals surface area contributed by atoms with Crippen LogP contribution in [0.1, 0.15) is 51.3 Å². The number of amides is 1. The molecule has 1 amide bonds. The number of fused-ring (bicyclic) bond motifs is 3. The van der Waals surface area contributed by atoms with Crippen LogP contribution < -0.4 is 20.1 Å². The second-order valence-corrected chi connectivity index (χ2v) is 8.71. The highest BCUT2D eigenvalue weighted by Gasteiger charge is 2.42. The summed E-state index contributed by atoms with van der Waals surface area (Å²) in [6, 6.07) is 4.52. The zero-order valence-corrected chi connectivity index (χ0v) is 19.6. The van der Waals surface area contributed by atoms with Gasteiger partial charge in [-0.05, 0) is 48.1 Å². The molecule has 2 aromatic carbocycles. The van der Waals surface area contributed by atoms with E-state index in [2.05, 4.69) is 0 Å². The van der Waals surface area contributed by atoms with Gasteiger partial charge in [-0.3, -0.25) is 19.2 Å². The predicted molar refractivity (Wildman–Crippen MR) is 125 cm³/mol. The van der Waals surface area contributed by atoms with E-state index in [1.165, 1.54) is 12.1 Å². The number of carbonyl (C=O) groups excluding carboxylic acids is 4. The first-order valence-corrected chi connectivity index (χ1v) is 10.8. The van der Waals surface area contributed by atoms with Crippen molar-refractivity contribution in [3.05, 3.63) is 51.6 Å². The van der Waals surface area contributed by atoms with Gasteiger partial charge in [0.05, 0.1) is 11.1 Å². The van der Waals surface area contributed by atoms with Gasteiger partial charge in [-0.15, -0.1) is 0 Å². The number of phenolic OH excluding ortho intramolecular Hbond substituents is 1. The second kappa shape index (κ2) is 8.46. The van der Waals surface area contributed by atoms with Gasteiger partial charge >= 0.3 is 11.9 Å². The number of phenols is 1. The lowest BCUT2D eigenvalue weighted by atomic mass is 9.70. The lowest BCUT2D eigenvalue weighted by molar-refractivity contribution is -0.132. The van der Waals surface area contributed by atoms with Crippen LogP contribution in [0.2, 0.25) is 0 Å². The Labute approximate surface area is 200 Å². The zero-order valence-electron chi connectivity index (χ0n) is 19.6. The second-order valence-electron chi connectivity index (χ2n) is 8.71. The van der Waals surface area contributed by atoms with Gasteiger partial charge in [0.15, 0.2) is 11.5 Å². The van der Waals surface area contributed by atoms with E-state index >= 15 is 0 Å². The molecular formula is C25H24N2O8. The summed E-state index contributed by atoms with van der Waals surface area (Å²) in [6.07, 6.45) is 0.523. The number of aliphatic hydroxyl groups is 1. The molecule has 1 atom stereocenters. The van der Waals surface area contributed by atoms with Crippen molar-refractivity contribution in [3.63, 3.8) is 0 Å². The topological polar surface area (TPSA) is 156 Å². The van der Waals surface area contributed by atoms with Crippen molar-refractivity contribution in [2.24, 2.45) is 11.7 Å². The Kier molecular flexibility index (Phi) is 5.75. The molecule has 2 aromatic rings. The van der Waals surface area contributed by atoms with Crippen LogP contribution in [-0.2, 0) is 22.4 Å². The molecule has 0 spiro atoms. The number of ketones is 1. The van der Waals surface area contributed by atoms with Crippen molar-refractivity contribution in [2.45, 2.75) is 26.7 Å². The molecule has 0 aliphatic heterocycles.